The van der Waals surface area contributed by atoms with Crippen LogP contribution in [0, 0.1) is 5.92 Å². The summed E-state index contributed by atoms with van der Waals surface area (Å²) in [5, 5.41) is 3.66. The van der Waals surface area contributed by atoms with Crippen LogP contribution in [0.15, 0.2) is 24.3 Å². The maximum absolute atomic E-state index is 12.8. The number of rotatable bonds is 2. The quantitative estimate of drug-likeness (QED) is 0.909. The predicted molar refractivity (Wildman–Crippen MR) is 96.6 cm³/mol. The molecular weight excluding hydrogens is 324 g/mol. The Labute approximate surface area is 147 Å². The molecule has 4 heterocycles. The molecule has 1 aromatic carbocycles. The molecule has 1 amide bonds. The summed E-state index contributed by atoms with van der Waals surface area (Å²) in [4.78, 5) is 19.4. The lowest BCUT2D eigenvalue weighted by Gasteiger charge is -2.29. The van der Waals surface area contributed by atoms with E-state index in [1.807, 2.05) is 23.1 Å². The monoisotopic (exact) mass is 346 g/mol. The van der Waals surface area contributed by atoms with Crippen LogP contribution < -0.4 is 10.2 Å². The first kappa shape index (κ1) is 15.9. The van der Waals surface area contributed by atoms with Gasteiger partial charge in [-0.3, -0.25) is 9.69 Å². The predicted octanol–water partition coefficient (Wildman–Crippen LogP) is 2.73. The molecule has 2 saturated heterocycles. The number of carbonyl (C=O) groups excluding carboxylic acids is 1. The van der Waals surface area contributed by atoms with Gasteiger partial charge in [-0.25, -0.2) is 4.98 Å². The van der Waals surface area contributed by atoms with Crippen molar-refractivity contribution in [2.75, 3.05) is 11.4 Å². The number of carbonyl (C=O) groups is 1. The summed E-state index contributed by atoms with van der Waals surface area (Å²) in [6, 6.07) is 9.44. The topological polar surface area (TPSA) is 50.2 Å². The summed E-state index contributed by atoms with van der Waals surface area (Å²) in [5.41, 5.74) is 2.12. The van der Waals surface area contributed by atoms with Gasteiger partial charge in [-0.15, -0.1) is 12.4 Å². The number of halogens is 1. The molecule has 5 rings (SSSR count). The highest BCUT2D eigenvalue weighted by molar-refractivity contribution is 5.95. The van der Waals surface area contributed by atoms with E-state index in [4.69, 9.17) is 0 Å². The summed E-state index contributed by atoms with van der Waals surface area (Å²) >= 11 is 0. The van der Waals surface area contributed by atoms with Crippen molar-refractivity contribution in [2.24, 2.45) is 5.92 Å². The summed E-state index contributed by atoms with van der Waals surface area (Å²) in [7, 11) is 0. The van der Waals surface area contributed by atoms with Crippen LogP contribution in [-0.2, 0) is 11.3 Å². The molecule has 0 spiro atoms. The Bertz CT molecular complexity index is 761. The standard InChI is InChI=1S/C18H22N4O.ClH/c23-17(11-12-9-13-5-6-14(10-12)19-13)22-8-7-21-16-4-2-1-3-15(16)20-18(21)22;/h1-4,12-14,19H,5-11H2;1H. The highest BCUT2D eigenvalue weighted by atomic mass is 35.5. The minimum atomic E-state index is 0. The fourth-order valence-electron chi connectivity index (χ4n) is 4.72. The summed E-state index contributed by atoms with van der Waals surface area (Å²) in [5.74, 6) is 1.64. The summed E-state index contributed by atoms with van der Waals surface area (Å²) in [6.07, 6.45) is 5.57. The number of benzene rings is 1. The lowest BCUT2D eigenvalue weighted by Crippen LogP contribution is -2.40. The van der Waals surface area contributed by atoms with Crippen LogP contribution in [0.2, 0.25) is 0 Å². The molecule has 0 radical (unpaired) electrons. The average molecular weight is 347 g/mol. The zero-order valence-corrected chi connectivity index (χ0v) is 14.5. The van der Waals surface area contributed by atoms with Gasteiger partial charge in [0, 0.05) is 31.6 Å². The number of hydrogen-bond donors (Lipinski definition) is 1. The van der Waals surface area contributed by atoms with Gasteiger partial charge in [0.15, 0.2) is 0 Å². The van der Waals surface area contributed by atoms with Crippen molar-refractivity contribution in [3.05, 3.63) is 24.3 Å². The Morgan fingerprint density at radius 3 is 2.71 bits per heavy atom. The van der Waals surface area contributed by atoms with Crippen LogP contribution in [0.1, 0.15) is 32.1 Å². The third-order valence-electron chi connectivity index (χ3n) is 5.76. The Morgan fingerprint density at radius 2 is 1.92 bits per heavy atom. The van der Waals surface area contributed by atoms with E-state index in [2.05, 4.69) is 20.9 Å². The van der Waals surface area contributed by atoms with E-state index in [-0.39, 0.29) is 18.3 Å². The molecule has 2 aromatic rings. The Morgan fingerprint density at radius 1 is 1.17 bits per heavy atom. The Kier molecular flexibility index (Phi) is 4.01. The molecule has 3 aliphatic rings. The second-order valence-corrected chi connectivity index (χ2v) is 7.28. The maximum Gasteiger partial charge on any atom is 0.229 e. The minimum absolute atomic E-state index is 0. The largest absolute Gasteiger partial charge is 0.311 e. The third-order valence-corrected chi connectivity index (χ3v) is 5.76. The van der Waals surface area contributed by atoms with Gasteiger partial charge in [-0.1, -0.05) is 12.1 Å². The van der Waals surface area contributed by atoms with Gasteiger partial charge in [-0.2, -0.15) is 0 Å². The lowest BCUT2D eigenvalue weighted by atomic mass is 9.89. The number of nitrogens with one attached hydrogen (secondary N) is 1. The van der Waals surface area contributed by atoms with E-state index in [0.717, 1.165) is 42.9 Å². The van der Waals surface area contributed by atoms with Crippen LogP contribution in [0.3, 0.4) is 0 Å². The molecular formula is C18H23ClN4O. The molecule has 0 saturated carbocycles. The van der Waals surface area contributed by atoms with Gasteiger partial charge < -0.3 is 9.88 Å². The van der Waals surface area contributed by atoms with Gasteiger partial charge in [-0.05, 0) is 43.7 Å². The van der Waals surface area contributed by atoms with Crippen LogP contribution in [0.4, 0.5) is 5.95 Å². The van der Waals surface area contributed by atoms with E-state index >= 15 is 0 Å². The van der Waals surface area contributed by atoms with Crippen molar-refractivity contribution >= 4 is 35.3 Å². The fourth-order valence-corrected chi connectivity index (χ4v) is 4.72. The van der Waals surface area contributed by atoms with Crippen molar-refractivity contribution < 1.29 is 4.79 Å². The minimum Gasteiger partial charge on any atom is -0.311 e. The molecule has 6 heteroatoms. The number of imidazole rings is 1. The molecule has 2 fully saturated rings. The zero-order valence-electron chi connectivity index (χ0n) is 13.6. The number of amides is 1. The first-order chi connectivity index (χ1) is 11.3. The number of anilines is 1. The maximum atomic E-state index is 12.8. The lowest BCUT2D eigenvalue weighted by molar-refractivity contribution is -0.119. The second kappa shape index (κ2) is 6.05. The van der Waals surface area contributed by atoms with E-state index in [1.165, 1.54) is 12.8 Å². The van der Waals surface area contributed by atoms with Gasteiger partial charge in [0.2, 0.25) is 11.9 Å². The van der Waals surface area contributed by atoms with Crippen LogP contribution in [-0.4, -0.2) is 34.1 Å². The van der Waals surface area contributed by atoms with E-state index in [9.17, 15) is 4.79 Å². The third kappa shape index (κ3) is 2.50. The van der Waals surface area contributed by atoms with Crippen molar-refractivity contribution in [2.45, 2.75) is 50.7 Å². The Balaban J connectivity index is 0.00000146. The van der Waals surface area contributed by atoms with Gasteiger partial charge in [0.05, 0.1) is 11.0 Å². The molecule has 3 aliphatic heterocycles. The van der Waals surface area contributed by atoms with Crippen molar-refractivity contribution in [3.8, 4) is 0 Å². The van der Waals surface area contributed by atoms with Crippen LogP contribution in [0.25, 0.3) is 11.0 Å². The smallest absolute Gasteiger partial charge is 0.229 e. The fraction of sp³-hybridized carbons (Fsp3) is 0.556. The van der Waals surface area contributed by atoms with Gasteiger partial charge >= 0.3 is 0 Å². The average Bonchev–Trinajstić information content (AvgIpc) is 3.20. The molecule has 1 aromatic heterocycles. The first-order valence-electron chi connectivity index (χ1n) is 8.79. The highest BCUT2D eigenvalue weighted by Crippen LogP contribution is 2.34. The molecule has 2 bridgehead atoms. The Hall–Kier alpha value is -1.59. The summed E-state index contributed by atoms with van der Waals surface area (Å²) in [6.45, 7) is 1.63. The molecule has 5 nitrogen and oxygen atoms in total. The molecule has 2 atom stereocenters. The van der Waals surface area contributed by atoms with E-state index in [0.29, 0.717) is 24.4 Å². The normalized spacial score (nSPS) is 28.0. The van der Waals surface area contributed by atoms with Crippen LogP contribution >= 0.6 is 12.4 Å². The van der Waals surface area contributed by atoms with Crippen molar-refractivity contribution in [1.29, 1.82) is 0 Å². The second-order valence-electron chi connectivity index (χ2n) is 7.28. The molecule has 128 valence electrons. The van der Waals surface area contributed by atoms with Gasteiger partial charge in [0.25, 0.3) is 0 Å². The number of hydrogen-bond acceptors (Lipinski definition) is 3. The molecule has 24 heavy (non-hydrogen) atoms. The molecule has 2 unspecified atom stereocenters. The number of nitrogens with zero attached hydrogens (tertiary/aromatic N) is 3. The highest BCUT2D eigenvalue weighted by Gasteiger charge is 2.36. The zero-order chi connectivity index (χ0) is 15.4. The van der Waals surface area contributed by atoms with Gasteiger partial charge in [0.1, 0.15) is 0 Å². The van der Waals surface area contributed by atoms with Crippen LogP contribution in [0.5, 0.6) is 0 Å². The van der Waals surface area contributed by atoms with E-state index in [1.54, 1.807) is 0 Å². The molecule has 1 N–H and O–H groups in total. The number of para-hydroxylation sites is 2. The van der Waals surface area contributed by atoms with Crippen molar-refractivity contribution in [3.63, 3.8) is 0 Å². The van der Waals surface area contributed by atoms with Crippen molar-refractivity contribution in [1.82, 2.24) is 14.9 Å². The first-order valence-corrected chi connectivity index (χ1v) is 8.79. The molecule has 0 aliphatic carbocycles. The number of aromatic nitrogens is 2. The number of piperidine rings is 1. The summed E-state index contributed by atoms with van der Waals surface area (Å²) < 4.78 is 2.18. The SMILES string of the molecule is Cl.O=C(CC1CC2CCC(C1)N2)N1CCn2c1nc1ccccc12. The van der Waals surface area contributed by atoms with E-state index < -0.39 is 0 Å². The number of fused-ring (bicyclic) bond motifs is 5.